The van der Waals surface area contributed by atoms with Gasteiger partial charge in [-0.05, 0) is 11.1 Å². The molecule has 0 radical (unpaired) electrons. The summed E-state index contributed by atoms with van der Waals surface area (Å²) >= 11 is 0. The quantitative estimate of drug-likeness (QED) is 0.735. The van der Waals surface area contributed by atoms with E-state index < -0.39 is 0 Å². The number of ether oxygens (including phenoxy) is 3. The first-order valence-corrected chi connectivity index (χ1v) is 11.1. The van der Waals surface area contributed by atoms with Crippen LogP contribution in [0.2, 0.25) is 0 Å². The molecule has 0 spiro atoms. The average Bonchev–Trinajstić information content (AvgIpc) is 3.59. The summed E-state index contributed by atoms with van der Waals surface area (Å²) in [7, 11) is 0. The average molecular weight is 384 g/mol. The van der Waals surface area contributed by atoms with Gasteiger partial charge in [0.25, 0.3) is 0 Å². The second kappa shape index (κ2) is 5.40. The van der Waals surface area contributed by atoms with Crippen LogP contribution in [-0.2, 0) is 14.2 Å². The molecule has 0 N–H and O–H groups in total. The Balaban J connectivity index is 1.25. The zero-order valence-corrected chi connectivity index (χ0v) is 16.1. The van der Waals surface area contributed by atoms with Crippen molar-refractivity contribution in [3.63, 3.8) is 0 Å². The highest BCUT2D eigenvalue weighted by atomic mass is 16.6. The van der Waals surface area contributed by atoms with Crippen molar-refractivity contribution >= 4 is 0 Å². The molecule has 0 amide bonds. The van der Waals surface area contributed by atoms with Gasteiger partial charge in [-0.15, -0.1) is 0 Å². The zero-order chi connectivity index (χ0) is 18.7. The molecule has 0 saturated carbocycles. The fraction of sp³-hybridized carbons (Fsp3) is 0.462. The molecule has 8 rings (SSSR count). The van der Waals surface area contributed by atoms with Crippen molar-refractivity contribution in [2.45, 2.75) is 48.5 Å². The molecule has 0 aromatic heterocycles. The number of hydrogen-bond donors (Lipinski definition) is 0. The maximum Gasteiger partial charge on any atom is 0.0822 e. The monoisotopic (exact) mass is 384 g/mol. The highest BCUT2D eigenvalue weighted by Gasteiger charge is 2.75. The van der Waals surface area contributed by atoms with Crippen LogP contribution >= 0.6 is 0 Å². The first-order valence-electron chi connectivity index (χ1n) is 11.1. The molecule has 2 aromatic rings. The van der Waals surface area contributed by atoms with Crippen LogP contribution in [-0.4, -0.2) is 36.6 Å². The lowest BCUT2D eigenvalue weighted by molar-refractivity contribution is -0.0324. The van der Waals surface area contributed by atoms with Crippen molar-refractivity contribution in [3.8, 4) is 0 Å². The standard InChI is InChI=1S/C26H24O3/c1-3-7-13(8-4-1)17-18(14-9-5-2-6-10-14)24-22-21(23(17)28-24)25-19-15-11-12-16(27-15)20(19)26(22)29-25/h1-12,15-26H. The molecule has 146 valence electrons. The van der Waals surface area contributed by atoms with Gasteiger partial charge in [0.2, 0.25) is 0 Å². The summed E-state index contributed by atoms with van der Waals surface area (Å²) in [6, 6.07) is 22.1. The van der Waals surface area contributed by atoms with Crippen LogP contribution in [0.15, 0.2) is 72.8 Å². The minimum Gasteiger partial charge on any atom is -0.373 e. The molecular weight excluding hydrogens is 360 g/mol. The van der Waals surface area contributed by atoms with Crippen LogP contribution in [0, 0.1) is 23.7 Å². The molecule has 6 aliphatic heterocycles. The van der Waals surface area contributed by atoms with Gasteiger partial charge in [0, 0.05) is 35.5 Å². The van der Waals surface area contributed by atoms with E-state index in [9.17, 15) is 0 Å². The molecule has 6 bridgehead atoms. The summed E-state index contributed by atoms with van der Waals surface area (Å²) in [6.07, 6.45) is 6.18. The van der Waals surface area contributed by atoms with Crippen molar-refractivity contribution in [1.29, 1.82) is 0 Å². The third-order valence-corrected chi connectivity index (χ3v) is 8.82. The first kappa shape index (κ1) is 15.8. The van der Waals surface area contributed by atoms with Gasteiger partial charge in [-0.2, -0.15) is 0 Å². The molecule has 5 fully saturated rings. The maximum atomic E-state index is 6.87. The lowest BCUT2D eigenvalue weighted by Gasteiger charge is -2.43. The van der Waals surface area contributed by atoms with E-state index in [1.807, 2.05) is 0 Å². The van der Waals surface area contributed by atoms with E-state index in [-0.39, 0.29) is 24.4 Å². The van der Waals surface area contributed by atoms with Crippen LogP contribution in [0.3, 0.4) is 0 Å². The summed E-state index contributed by atoms with van der Waals surface area (Å²) in [5.41, 5.74) is 2.83. The Morgan fingerprint density at radius 3 is 1.38 bits per heavy atom. The minimum absolute atomic E-state index is 0.247. The Labute approximate surface area is 170 Å². The van der Waals surface area contributed by atoms with E-state index in [0.29, 0.717) is 47.7 Å². The van der Waals surface area contributed by atoms with Gasteiger partial charge in [0.1, 0.15) is 0 Å². The highest BCUT2D eigenvalue weighted by molar-refractivity contribution is 5.39. The molecule has 3 nitrogen and oxygen atoms in total. The molecule has 5 saturated heterocycles. The lowest BCUT2D eigenvalue weighted by atomic mass is 9.55. The van der Waals surface area contributed by atoms with Gasteiger partial charge >= 0.3 is 0 Å². The van der Waals surface area contributed by atoms with Crippen molar-refractivity contribution in [2.24, 2.45) is 23.7 Å². The summed E-state index contributed by atoms with van der Waals surface area (Å²) < 4.78 is 19.9. The molecule has 29 heavy (non-hydrogen) atoms. The largest absolute Gasteiger partial charge is 0.373 e. The second-order valence-corrected chi connectivity index (χ2v) is 9.76. The second-order valence-electron chi connectivity index (χ2n) is 9.76. The van der Waals surface area contributed by atoms with Crippen LogP contribution in [0.1, 0.15) is 23.0 Å². The van der Waals surface area contributed by atoms with Crippen LogP contribution < -0.4 is 0 Å². The van der Waals surface area contributed by atoms with Crippen molar-refractivity contribution in [3.05, 3.63) is 83.9 Å². The van der Waals surface area contributed by atoms with Gasteiger partial charge in [-0.25, -0.2) is 0 Å². The van der Waals surface area contributed by atoms with Gasteiger partial charge in [-0.1, -0.05) is 72.8 Å². The van der Waals surface area contributed by atoms with Crippen molar-refractivity contribution < 1.29 is 14.2 Å². The van der Waals surface area contributed by atoms with Crippen LogP contribution in [0.5, 0.6) is 0 Å². The molecule has 2 aromatic carbocycles. The van der Waals surface area contributed by atoms with E-state index in [0.717, 1.165) is 0 Å². The Morgan fingerprint density at radius 1 is 0.448 bits per heavy atom. The maximum absolute atomic E-state index is 6.87. The van der Waals surface area contributed by atoms with E-state index in [1.165, 1.54) is 11.1 Å². The highest BCUT2D eigenvalue weighted by Crippen LogP contribution is 2.69. The fourth-order valence-electron chi connectivity index (χ4n) is 8.05. The Kier molecular flexibility index (Phi) is 2.95. The molecule has 12 unspecified atom stereocenters. The summed E-state index contributed by atoms with van der Waals surface area (Å²) in [5.74, 6) is 2.89. The van der Waals surface area contributed by atoms with Gasteiger partial charge < -0.3 is 14.2 Å². The smallest absolute Gasteiger partial charge is 0.0822 e. The van der Waals surface area contributed by atoms with E-state index >= 15 is 0 Å². The van der Waals surface area contributed by atoms with Gasteiger partial charge in [0.05, 0.1) is 36.6 Å². The SMILES string of the molecule is C1=CC2OC1C1C3OC(C21)C1C2OC(C(c4ccccc4)C2c2ccccc2)C31. The zero-order valence-electron chi connectivity index (χ0n) is 16.1. The van der Waals surface area contributed by atoms with Crippen LogP contribution in [0.4, 0.5) is 0 Å². The third-order valence-electron chi connectivity index (χ3n) is 8.82. The van der Waals surface area contributed by atoms with E-state index in [1.54, 1.807) is 0 Å². The number of hydrogen-bond acceptors (Lipinski definition) is 3. The topological polar surface area (TPSA) is 27.7 Å². The summed E-state index contributed by atoms with van der Waals surface area (Å²) in [4.78, 5) is 0. The Morgan fingerprint density at radius 2 is 0.897 bits per heavy atom. The molecule has 6 heterocycles. The minimum atomic E-state index is 0.247. The van der Waals surface area contributed by atoms with Crippen LogP contribution in [0.25, 0.3) is 0 Å². The Bertz CT molecular complexity index is 910. The normalized spacial score (nSPS) is 52.3. The number of benzene rings is 2. The number of rotatable bonds is 2. The van der Waals surface area contributed by atoms with E-state index in [4.69, 9.17) is 14.2 Å². The number of fused-ring (bicyclic) bond motifs is 16. The summed E-state index contributed by atoms with van der Waals surface area (Å²) in [5, 5.41) is 0. The van der Waals surface area contributed by atoms with Crippen molar-refractivity contribution in [1.82, 2.24) is 0 Å². The fourth-order valence-corrected chi connectivity index (χ4v) is 8.05. The van der Waals surface area contributed by atoms with Crippen molar-refractivity contribution in [2.75, 3.05) is 0 Å². The van der Waals surface area contributed by atoms with E-state index in [2.05, 4.69) is 72.8 Å². The molecule has 0 aliphatic carbocycles. The summed E-state index contributed by atoms with van der Waals surface area (Å²) in [6.45, 7) is 0. The molecule has 12 atom stereocenters. The van der Waals surface area contributed by atoms with Gasteiger partial charge in [0.15, 0.2) is 0 Å². The van der Waals surface area contributed by atoms with Gasteiger partial charge in [-0.3, -0.25) is 0 Å². The third kappa shape index (κ3) is 1.82. The Hall–Kier alpha value is -1.94. The molecular formula is C26H24O3. The first-order chi connectivity index (χ1) is 14.4. The predicted octanol–water partition coefficient (Wildman–Crippen LogP) is 3.92. The lowest BCUT2D eigenvalue weighted by Crippen LogP contribution is -2.50. The molecule has 6 aliphatic rings. The molecule has 3 heteroatoms. The predicted molar refractivity (Wildman–Crippen MR) is 107 cm³/mol.